The van der Waals surface area contributed by atoms with Gasteiger partial charge in [0, 0.05) is 6.54 Å². The Morgan fingerprint density at radius 1 is 1.28 bits per heavy atom. The minimum atomic E-state index is -0.983. The van der Waals surface area contributed by atoms with Gasteiger partial charge in [0.25, 0.3) is 5.91 Å². The highest BCUT2D eigenvalue weighted by molar-refractivity contribution is 5.97. The molecule has 2 unspecified atom stereocenters. The molecule has 2 heterocycles. The van der Waals surface area contributed by atoms with Crippen molar-refractivity contribution in [2.45, 2.75) is 32.7 Å². The summed E-state index contributed by atoms with van der Waals surface area (Å²) in [6, 6.07) is 4.98. The van der Waals surface area contributed by atoms with E-state index < -0.39 is 12.0 Å². The maximum atomic E-state index is 13.1. The summed E-state index contributed by atoms with van der Waals surface area (Å²) >= 11 is 0. The summed E-state index contributed by atoms with van der Waals surface area (Å²) in [7, 11) is 0. The number of aromatic nitrogens is 2. The predicted octanol–water partition coefficient (Wildman–Crippen LogP) is 2.65. The molecule has 0 saturated carbocycles. The molecule has 2 atom stereocenters. The molecule has 2 aromatic rings. The number of benzene rings is 1. The quantitative estimate of drug-likeness (QED) is 0.928. The number of carboxylic acid groups (broad SMARTS) is 1. The zero-order chi connectivity index (χ0) is 18.1. The maximum absolute atomic E-state index is 13.1. The molecule has 6 nitrogen and oxygen atoms in total. The summed E-state index contributed by atoms with van der Waals surface area (Å²) in [5.74, 6) is -1.39. The number of nitrogens with zero attached hydrogens (tertiary/aromatic N) is 3. The second-order valence-corrected chi connectivity index (χ2v) is 6.51. The van der Waals surface area contributed by atoms with Gasteiger partial charge in [-0.3, -0.25) is 4.79 Å². The standard InChI is InChI=1S/C18H20FN3O3/c1-11-7-8-21(16(9-11)18(24)25)17(23)15-10-20-22(12(15)2)14-5-3-13(19)4-6-14/h3-6,10-11,16H,7-9H2,1-2H3,(H,24,25). The Morgan fingerprint density at radius 2 is 1.96 bits per heavy atom. The molecule has 7 heteroatoms. The second-order valence-electron chi connectivity index (χ2n) is 6.51. The van der Waals surface area contributed by atoms with Gasteiger partial charge >= 0.3 is 5.97 Å². The van der Waals surface area contributed by atoms with Crippen LogP contribution in [-0.4, -0.2) is 44.3 Å². The van der Waals surface area contributed by atoms with E-state index >= 15 is 0 Å². The Labute approximate surface area is 144 Å². The van der Waals surface area contributed by atoms with E-state index in [4.69, 9.17) is 0 Å². The van der Waals surface area contributed by atoms with Crippen LogP contribution in [0.25, 0.3) is 5.69 Å². The third-order valence-corrected chi connectivity index (χ3v) is 4.72. The third-order valence-electron chi connectivity index (χ3n) is 4.72. The Kier molecular flexibility index (Phi) is 4.57. The summed E-state index contributed by atoms with van der Waals surface area (Å²) in [6.07, 6.45) is 2.67. The number of amides is 1. The normalized spacial score (nSPS) is 20.5. The van der Waals surface area contributed by atoms with Crippen LogP contribution >= 0.6 is 0 Å². The van der Waals surface area contributed by atoms with Gasteiger partial charge in [-0.25, -0.2) is 13.9 Å². The fourth-order valence-electron chi connectivity index (χ4n) is 3.24. The van der Waals surface area contributed by atoms with Crippen LogP contribution in [0.4, 0.5) is 4.39 Å². The van der Waals surface area contributed by atoms with E-state index in [9.17, 15) is 19.1 Å². The molecule has 1 N–H and O–H groups in total. The Hall–Kier alpha value is -2.70. The zero-order valence-electron chi connectivity index (χ0n) is 14.1. The van der Waals surface area contributed by atoms with Gasteiger partial charge in [0.1, 0.15) is 11.9 Å². The zero-order valence-corrected chi connectivity index (χ0v) is 14.1. The van der Waals surface area contributed by atoms with Crippen molar-refractivity contribution >= 4 is 11.9 Å². The Balaban J connectivity index is 1.90. The number of likely N-dealkylation sites (tertiary alicyclic amines) is 1. The monoisotopic (exact) mass is 345 g/mol. The fraction of sp³-hybridized carbons (Fsp3) is 0.389. The molecule has 25 heavy (non-hydrogen) atoms. The Morgan fingerprint density at radius 3 is 2.60 bits per heavy atom. The summed E-state index contributed by atoms with van der Waals surface area (Å²) in [5, 5.41) is 13.7. The molecular formula is C18H20FN3O3. The van der Waals surface area contributed by atoms with Crippen molar-refractivity contribution in [3.8, 4) is 5.69 Å². The van der Waals surface area contributed by atoms with Gasteiger partial charge in [-0.1, -0.05) is 6.92 Å². The van der Waals surface area contributed by atoms with Gasteiger partial charge in [0.15, 0.2) is 0 Å². The third kappa shape index (κ3) is 3.26. The van der Waals surface area contributed by atoms with Crippen molar-refractivity contribution in [1.29, 1.82) is 0 Å². The van der Waals surface area contributed by atoms with Crippen LogP contribution in [0, 0.1) is 18.7 Å². The van der Waals surface area contributed by atoms with Crippen molar-refractivity contribution in [3.63, 3.8) is 0 Å². The van der Waals surface area contributed by atoms with Crippen molar-refractivity contribution in [2.75, 3.05) is 6.54 Å². The van der Waals surface area contributed by atoms with Crippen LogP contribution < -0.4 is 0 Å². The maximum Gasteiger partial charge on any atom is 0.326 e. The van der Waals surface area contributed by atoms with E-state index in [0.29, 0.717) is 29.9 Å². The number of carbonyl (C=O) groups excluding carboxylic acids is 1. The lowest BCUT2D eigenvalue weighted by Gasteiger charge is -2.35. The van der Waals surface area contributed by atoms with Gasteiger partial charge in [0.05, 0.1) is 23.1 Å². The molecule has 3 rings (SSSR count). The molecule has 1 fully saturated rings. The molecule has 1 aliphatic rings. The van der Waals surface area contributed by atoms with Crippen molar-refractivity contribution in [3.05, 3.63) is 47.5 Å². The molecule has 132 valence electrons. The minimum absolute atomic E-state index is 0.271. The van der Waals surface area contributed by atoms with Gasteiger partial charge in [-0.05, 0) is 49.9 Å². The van der Waals surface area contributed by atoms with Crippen molar-refractivity contribution < 1.29 is 19.1 Å². The fourth-order valence-corrected chi connectivity index (χ4v) is 3.24. The molecule has 0 bridgehead atoms. The largest absolute Gasteiger partial charge is 0.480 e. The molecule has 0 aliphatic carbocycles. The summed E-state index contributed by atoms with van der Waals surface area (Å²) in [5.41, 5.74) is 1.60. The number of rotatable bonds is 3. The van der Waals surface area contributed by atoms with Gasteiger partial charge in [-0.2, -0.15) is 5.10 Å². The van der Waals surface area contributed by atoms with Crippen molar-refractivity contribution in [2.24, 2.45) is 5.92 Å². The summed E-state index contributed by atoms with van der Waals surface area (Å²) in [4.78, 5) is 25.8. The van der Waals surface area contributed by atoms with E-state index in [2.05, 4.69) is 5.10 Å². The Bertz CT molecular complexity index is 800. The lowest BCUT2D eigenvalue weighted by atomic mass is 9.92. The topological polar surface area (TPSA) is 75.4 Å². The van der Waals surface area contributed by atoms with Crippen molar-refractivity contribution in [1.82, 2.24) is 14.7 Å². The molecule has 1 amide bonds. The van der Waals surface area contributed by atoms with Gasteiger partial charge < -0.3 is 10.0 Å². The number of hydrogen-bond donors (Lipinski definition) is 1. The highest BCUT2D eigenvalue weighted by Gasteiger charge is 2.36. The van der Waals surface area contributed by atoms with Crippen LogP contribution in [0.5, 0.6) is 0 Å². The first kappa shape index (κ1) is 17.1. The average molecular weight is 345 g/mol. The number of aliphatic carboxylic acids is 1. The first-order chi connectivity index (χ1) is 11.9. The number of halogens is 1. The average Bonchev–Trinajstić information content (AvgIpc) is 2.96. The van der Waals surface area contributed by atoms with E-state index in [1.165, 1.54) is 23.2 Å². The van der Waals surface area contributed by atoms with Crippen LogP contribution in [-0.2, 0) is 4.79 Å². The molecule has 1 aromatic heterocycles. The van der Waals surface area contributed by atoms with E-state index in [-0.39, 0.29) is 17.6 Å². The first-order valence-corrected chi connectivity index (χ1v) is 8.23. The predicted molar refractivity (Wildman–Crippen MR) is 89.1 cm³/mol. The van der Waals surface area contributed by atoms with Crippen LogP contribution in [0.1, 0.15) is 35.8 Å². The summed E-state index contributed by atoms with van der Waals surface area (Å²) < 4.78 is 14.6. The van der Waals surface area contributed by atoms with E-state index in [1.54, 1.807) is 23.7 Å². The molecular weight excluding hydrogens is 325 g/mol. The molecule has 1 aliphatic heterocycles. The number of hydrogen-bond acceptors (Lipinski definition) is 3. The van der Waals surface area contributed by atoms with Gasteiger partial charge in [0.2, 0.25) is 0 Å². The molecule has 1 saturated heterocycles. The first-order valence-electron chi connectivity index (χ1n) is 8.23. The highest BCUT2D eigenvalue weighted by atomic mass is 19.1. The summed E-state index contributed by atoms with van der Waals surface area (Å²) in [6.45, 7) is 4.15. The van der Waals surface area contributed by atoms with Crippen LogP contribution in [0.15, 0.2) is 30.5 Å². The number of carbonyl (C=O) groups is 2. The number of piperidine rings is 1. The smallest absolute Gasteiger partial charge is 0.326 e. The van der Waals surface area contributed by atoms with Crippen LogP contribution in [0.2, 0.25) is 0 Å². The lowest BCUT2D eigenvalue weighted by Crippen LogP contribution is -2.49. The SMILES string of the molecule is Cc1c(C(=O)N2CCC(C)CC2C(=O)O)cnn1-c1ccc(F)cc1. The molecule has 0 radical (unpaired) electrons. The van der Waals surface area contributed by atoms with E-state index in [1.807, 2.05) is 6.92 Å². The molecule has 1 aromatic carbocycles. The van der Waals surface area contributed by atoms with E-state index in [0.717, 1.165) is 6.42 Å². The highest BCUT2D eigenvalue weighted by Crippen LogP contribution is 2.25. The lowest BCUT2D eigenvalue weighted by molar-refractivity contribution is -0.144. The minimum Gasteiger partial charge on any atom is -0.480 e. The second kappa shape index (κ2) is 6.66. The van der Waals surface area contributed by atoms with Gasteiger partial charge in [-0.15, -0.1) is 0 Å². The van der Waals surface area contributed by atoms with Crippen LogP contribution in [0.3, 0.4) is 0 Å². The number of carboxylic acids is 1. The molecule has 0 spiro atoms.